The SMILES string of the molecule is COC(=O)Nc1cc(C)c(OCCCCl)c(OC)c1. The van der Waals surface area contributed by atoms with E-state index in [0.29, 0.717) is 29.7 Å². The van der Waals surface area contributed by atoms with Crippen LogP contribution in [0.1, 0.15) is 12.0 Å². The lowest BCUT2D eigenvalue weighted by Gasteiger charge is -2.15. The summed E-state index contributed by atoms with van der Waals surface area (Å²) < 4.78 is 15.4. The van der Waals surface area contributed by atoms with Gasteiger partial charge in [-0.05, 0) is 25.0 Å². The standard InChI is InChI=1S/C13H18ClNO4/c1-9-7-10(15-13(16)18-3)8-11(17-2)12(9)19-6-4-5-14/h7-8H,4-6H2,1-3H3,(H,15,16). The van der Waals surface area contributed by atoms with Crippen LogP contribution in [-0.2, 0) is 4.74 Å². The minimum Gasteiger partial charge on any atom is -0.493 e. The molecule has 0 fully saturated rings. The molecule has 0 radical (unpaired) electrons. The summed E-state index contributed by atoms with van der Waals surface area (Å²) in [5, 5.41) is 2.58. The third-order valence-corrected chi connectivity index (χ3v) is 2.68. The van der Waals surface area contributed by atoms with Crippen LogP contribution in [-0.4, -0.2) is 32.8 Å². The first kappa shape index (κ1) is 15.4. The second kappa shape index (κ2) is 7.74. The minimum absolute atomic E-state index is 0.518. The Morgan fingerprint density at radius 3 is 2.68 bits per heavy atom. The molecule has 1 amide bonds. The average molecular weight is 288 g/mol. The van der Waals surface area contributed by atoms with Crippen molar-refractivity contribution in [1.82, 2.24) is 0 Å². The van der Waals surface area contributed by atoms with E-state index in [1.807, 2.05) is 6.92 Å². The van der Waals surface area contributed by atoms with Crippen LogP contribution in [0.4, 0.5) is 10.5 Å². The average Bonchev–Trinajstić information content (AvgIpc) is 2.40. The number of ether oxygens (including phenoxy) is 3. The van der Waals surface area contributed by atoms with E-state index in [-0.39, 0.29) is 0 Å². The Morgan fingerprint density at radius 2 is 2.11 bits per heavy atom. The molecule has 0 aromatic heterocycles. The fourth-order valence-electron chi connectivity index (χ4n) is 1.55. The Hall–Kier alpha value is -1.62. The Kier molecular flexibility index (Phi) is 6.29. The number of alkyl halides is 1. The molecule has 0 aliphatic heterocycles. The molecule has 1 aromatic rings. The Labute approximate surface area is 117 Å². The minimum atomic E-state index is -0.530. The fraction of sp³-hybridized carbons (Fsp3) is 0.462. The van der Waals surface area contributed by atoms with Gasteiger partial charge < -0.3 is 14.2 Å². The predicted molar refractivity (Wildman–Crippen MR) is 74.6 cm³/mol. The molecule has 0 aliphatic carbocycles. The van der Waals surface area contributed by atoms with E-state index in [1.165, 1.54) is 7.11 Å². The molecule has 19 heavy (non-hydrogen) atoms. The maximum atomic E-state index is 11.2. The predicted octanol–water partition coefficient (Wildman–Crippen LogP) is 3.19. The van der Waals surface area contributed by atoms with E-state index in [0.717, 1.165) is 12.0 Å². The van der Waals surface area contributed by atoms with Crippen molar-refractivity contribution in [3.8, 4) is 11.5 Å². The molecule has 1 rings (SSSR count). The van der Waals surface area contributed by atoms with Crippen LogP contribution < -0.4 is 14.8 Å². The van der Waals surface area contributed by atoms with Crippen molar-refractivity contribution >= 4 is 23.4 Å². The first-order chi connectivity index (χ1) is 9.12. The normalized spacial score (nSPS) is 9.89. The van der Waals surface area contributed by atoms with Crippen LogP contribution in [0.3, 0.4) is 0 Å². The number of hydrogen-bond acceptors (Lipinski definition) is 4. The molecular weight excluding hydrogens is 270 g/mol. The summed E-state index contributed by atoms with van der Waals surface area (Å²) in [6.07, 6.45) is 0.226. The third kappa shape index (κ3) is 4.52. The van der Waals surface area contributed by atoms with Gasteiger partial charge in [0.15, 0.2) is 11.5 Å². The molecule has 0 spiro atoms. The van der Waals surface area contributed by atoms with Crippen molar-refractivity contribution in [2.75, 3.05) is 32.0 Å². The van der Waals surface area contributed by atoms with Gasteiger partial charge in [0.1, 0.15) is 0 Å². The summed E-state index contributed by atoms with van der Waals surface area (Å²) in [6.45, 7) is 2.39. The Balaban J connectivity index is 2.90. The lowest BCUT2D eigenvalue weighted by Crippen LogP contribution is -2.11. The van der Waals surface area contributed by atoms with Crippen LogP contribution in [0.2, 0.25) is 0 Å². The number of benzene rings is 1. The number of amides is 1. The van der Waals surface area contributed by atoms with Crippen LogP contribution >= 0.6 is 11.6 Å². The van der Waals surface area contributed by atoms with Crippen molar-refractivity contribution < 1.29 is 19.0 Å². The van der Waals surface area contributed by atoms with Gasteiger partial charge in [-0.2, -0.15) is 0 Å². The topological polar surface area (TPSA) is 56.8 Å². The van der Waals surface area contributed by atoms with Gasteiger partial charge >= 0.3 is 6.09 Å². The van der Waals surface area contributed by atoms with Crippen molar-refractivity contribution in [2.45, 2.75) is 13.3 Å². The fourth-order valence-corrected chi connectivity index (χ4v) is 1.66. The summed E-state index contributed by atoms with van der Waals surface area (Å²) >= 11 is 5.61. The van der Waals surface area contributed by atoms with Crippen molar-refractivity contribution in [1.29, 1.82) is 0 Å². The van der Waals surface area contributed by atoms with Gasteiger partial charge in [0.2, 0.25) is 0 Å². The molecule has 0 aliphatic rings. The maximum absolute atomic E-state index is 11.2. The Morgan fingerprint density at radius 1 is 1.37 bits per heavy atom. The zero-order chi connectivity index (χ0) is 14.3. The van der Waals surface area contributed by atoms with Gasteiger partial charge in [-0.1, -0.05) is 0 Å². The Bertz CT molecular complexity index is 437. The highest BCUT2D eigenvalue weighted by Crippen LogP contribution is 2.34. The number of nitrogens with one attached hydrogen (secondary N) is 1. The molecule has 0 unspecified atom stereocenters. The summed E-state index contributed by atoms with van der Waals surface area (Å²) in [5.74, 6) is 1.76. The summed E-state index contributed by atoms with van der Waals surface area (Å²) in [5.41, 5.74) is 1.45. The van der Waals surface area contributed by atoms with E-state index in [4.69, 9.17) is 21.1 Å². The third-order valence-electron chi connectivity index (χ3n) is 2.42. The first-order valence-electron chi connectivity index (χ1n) is 5.84. The van der Waals surface area contributed by atoms with Crippen molar-refractivity contribution in [3.05, 3.63) is 17.7 Å². The van der Waals surface area contributed by atoms with E-state index in [2.05, 4.69) is 10.1 Å². The summed E-state index contributed by atoms with van der Waals surface area (Å²) in [7, 11) is 2.86. The van der Waals surface area contributed by atoms with Gasteiger partial charge in [0, 0.05) is 17.6 Å². The highest BCUT2D eigenvalue weighted by atomic mass is 35.5. The van der Waals surface area contributed by atoms with Crippen LogP contribution in [0.25, 0.3) is 0 Å². The molecule has 0 atom stereocenters. The number of methoxy groups -OCH3 is 2. The lowest BCUT2D eigenvalue weighted by atomic mass is 10.2. The van der Waals surface area contributed by atoms with E-state index >= 15 is 0 Å². The zero-order valence-corrected chi connectivity index (χ0v) is 12.0. The van der Waals surface area contributed by atoms with Gasteiger partial charge in [-0.25, -0.2) is 4.79 Å². The monoisotopic (exact) mass is 287 g/mol. The van der Waals surface area contributed by atoms with Crippen LogP contribution in [0, 0.1) is 6.92 Å². The van der Waals surface area contributed by atoms with Crippen molar-refractivity contribution in [2.24, 2.45) is 0 Å². The molecule has 0 saturated heterocycles. The molecule has 0 heterocycles. The molecule has 0 saturated carbocycles. The first-order valence-corrected chi connectivity index (χ1v) is 6.38. The lowest BCUT2D eigenvalue weighted by molar-refractivity contribution is 0.187. The number of hydrogen-bond donors (Lipinski definition) is 1. The zero-order valence-electron chi connectivity index (χ0n) is 11.3. The van der Waals surface area contributed by atoms with Gasteiger partial charge in [0.25, 0.3) is 0 Å². The molecular formula is C13H18ClNO4. The number of halogens is 1. The number of rotatable bonds is 6. The maximum Gasteiger partial charge on any atom is 0.411 e. The highest BCUT2D eigenvalue weighted by molar-refractivity contribution is 6.17. The molecule has 6 heteroatoms. The molecule has 1 N–H and O–H groups in total. The van der Waals surface area contributed by atoms with Gasteiger partial charge in [-0.15, -0.1) is 11.6 Å². The molecule has 106 valence electrons. The van der Waals surface area contributed by atoms with Crippen molar-refractivity contribution in [3.63, 3.8) is 0 Å². The second-order valence-corrected chi connectivity index (χ2v) is 4.21. The molecule has 0 bridgehead atoms. The van der Waals surface area contributed by atoms with Gasteiger partial charge in [0.05, 0.1) is 20.8 Å². The van der Waals surface area contributed by atoms with E-state index in [9.17, 15) is 4.79 Å². The van der Waals surface area contributed by atoms with E-state index in [1.54, 1.807) is 19.2 Å². The van der Waals surface area contributed by atoms with Gasteiger partial charge in [-0.3, -0.25) is 5.32 Å². The summed E-state index contributed by atoms with van der Waals surface area (Å²) in [4.78, 5) is 11.2. The number of carbonyl (C=O) groups excluding carboxylic acids is 1. The van der Waals surface area contributed by atoms with Crippen LogP contribution in [0.15, 0.2) is 12.1 Å². The second-order valence-electron chi connectivity index (χ2n) is 3.83. The molecule has 5 nitrogen and oxygen atoms in total. The number of aryl methyl sites for hydroxylation is 1. The summed E-state index contributed by atoms with van der Waals surface area (Å²) in [6, 6.07) is 3.47. The van der Waals surface area contributed by atoms with Crippen LogP contribution in [0.5, 0.6) is 11.5 Å². The highest BCUT2D eigenvalue weighted by Gasteiger charge is 2.12. The molecule has 1 aromatic carbocycles. The smallest absolute Gasteiger partial charge is 0.411 e. The van der Waals surface area contributed by atoms with E-state index < -0.39 is 6.09 Å². The largest absolute Gasteiger partial charge is 0.493 e. The number of carbonyl (C=O) groups is 1. The number of anilines is 1. The quantitative estimate of drug-likeness (QED) is 0.645.